The van der Waals surface area contributed by atoms with Crippen molar-refractivity contribution in [2.45, 2.75) is 12.8 Å². The Bertz CT molecular complexity index is 1120. The third-order valence-electron chi connectivity index (χ3n) is 5.65. The van der Waals surface area contributed by atoms with Crippen LogP contribution in [0.25, 0.3) is 0 Å². The van der Waals surface area contributed by atoms with E-state index in [9.17, 15) is 9.59 Å². The molecular formula is C25H27Cl2N5O3. The lowest BCUT2D eigenvalue weighted by atomic mass is 9.97. The van der Waals surface area contributed by atoms with Gasteiger partial charge < -0.3 is 15.0 Å². The summed E-state index contributed by atoms with van der Waals surface area (Å²) < 4.78 is 5.40. The number of carbonyl (C=O) groups is 2. The molecule has 0 unspecified atom stereocenters. The number of carbonyl (C=O) groups excluding carboxylic acids is 2. The van der Waals surface area contributed by atoms with Crippen LogP contribution in [0, 0.1) is 5.92 Å². The summed E-state index contributed by atoms with van der Waals surface area (Å²) in [5.41, 5.74) is 7.99. The van der Waals surface area contributed by atoms with Crippen molar-refractivity contribution in [1.82, 2.24) is 10.4 Å². The van der Waals surface area contributed by atoms with Crippen LogP contribution in [0.3, 0.4) is 0 Å². The van der Waals surface area contributed by atoms with Gasteiger partial charge >= 0.3 is 6.09 Å². The molecule has 1 fully saturated rings. The average molecular weight is 516 g/mol. The maximum Gasteiger partial charge on any atom is 0.425 e. The number of piperidine rings is 1. The maximum atomic E-state index is 12.5. The van der Waals surface area contributed by atoms with Crippen LogP contribution in [-0.4, -0.2) is 36.7 Å². The summed E-state index contributed by atoms with van der Waals surface area (Å²) in [4.78, 5) is 31.1. The standard InChI is InChI=1S/C25H26ClN5O3.ClH/c26-20-5-3-4-19(16-20)24(32)28-22-6-1-2-7-23(22)29-30-25(33)34-17-18-10-14-31(15-11-18)21-8-12-27-13-9-21;/h1-9,12-13,16,18,29H,10-11,14-15,17H2,(H,28,32)(H,30,33);1H. The van der Waals surface area contributed by atoms with E-state index in [1.165, 1.54) is 0 Å². The van der Waals surface area contributed by atoms with Crippen LogP contribution in [-0.2, 0) is 4.74 Å². The van der Waals surface area contributed by atoms with E-state index in [0.29, 0.717) is 34.5 Å². The van der Waals surface area contributed by atoms with Gasteiger partial charge in [0.1, 0.15) is 0 Å². The molecule has 35 heavy (non-hydrogen) atoms. The zero-order valence-electron chi connectivity index (χ0n) is 18.9. The van der Waals surface area contributed by atoms with Crippen molar-refractivity contribution in [1.29, 1.82) is 0 Å². The molecule has 0 spiro atoms. The van der Waals surface area contributed by atoms with Crippen molar-refractivity contribution >= 4 is 53.1 Å². The quantitative estimate of drug-likeness (QED) is 0.365. The van der Waals surface area contributed by atoms with Crippen LogP contribution in [0.4, 0.5) is 21.9 Å². The smallest absolute Gasteiger partial charge is 0.425 e. The van der Waals surface area contributed by atoms with Crippen molar-refractivity contribution in [3.05, 3.63) is 83.6 Å². The second-order valence-corrected chi connectivity index (χ2v) is 8.43. The summed E-state index contributed by atoms with van der Waals surface area (Å²) in [6.45, 7) is 2.18. The predicted molar refractivity (Wildman–Crippen MR) is 140 cm³/mol. The third kappa shape index (κ3) is 7.50. The van der Waals surface area contributed by atoms with E-state index in [4.69, 9.17) is 16.3 Å². The first kappa shape index (κ1) is 26.1. The minimum Gasteiger partial charge on any atom is -0.448 e. The number of aromatic nitrogens is 1. The fourth-order valence-corrected chi connectivity index (χ4v) is 3.98. The summed E-state index contributed by atoms with van der Waals surface area (Å²) >= 11 is 5.97. The van der Waals surface area contributed by atoms with Crippen molar-refractivity contribution in [2.24, 2.45) is 5.92 Å². The van der Waals surface area contributed by atoms with Crippen LogP contribution >= 0.6 is 24.0 Å². The first-order valence-electron chi connectivity index (χ1n) is 11.1. The lowest BCUT2D eigenvalue weighted by molar-refractivity contribution is 0.102. The molecule has 1 aliphatic heterocycles. The molecule has 1 saturated heterocycles. The van der Waals surface area contributed by atoms with Gasteiger partial charge in [0.25, 0.3) is 5.91 Å². The van der Waals surface area contributed by atoms with E-state index in [2.05, 4.69) is 26.1 Å². The molecule has 0 saturated carbocycles. The second-order valence-electron chi connectivity index (χ2n) is 7.99. The Labute approximate surface area is 215 Å². The lowest BCUT2D eigenvalue weighted by Gasteiger charge is -2.33. The highest BCUT2D eigenvalue weighted by Crippen LogP contribution is 2.24. The Hall–Kier alpha value is -3.49. The molecule has 3 N–H and O–H groups in total. The summed E-state index contributed by atoms with van der Waals surface area (Å²) in [5.74, 6) is 0.00513. The third-order valence-corrected chi connectivity index (χ3v) is 5.89. The van der Waals surface area contributed by atoms with E-state index in [0.717, 1.165) is 31.6 Å². The number of anilines is 3. The van der Waals surface area contributed by atoms with Crippen LogP contribution in [0.1, 0.15) is 23.2 Å². The first-order chi connectivity index (χ1) is 16.6. The summed E-state index contributed by atoms with van der Waals surface area (Å²) in [6.07, 6.45) is 4.90. The number of benzene rings is 2. The molecule has 0 radical (unpaired) electrons. The van der Waals surface area contributed by atoms with Gasteiger partial charge in [-0.05, 0) is 61.2 Å². The fraction of sp³-hybridized carbons (Fsp3) is 0.240. The van der Waals surface area contributed by atoms with Gasteiger partial charge in [0.05, 0.1) is 18.0 Å². The van der Waals surface area contributed by atoms with Gasteiger partial charge in [0, 0.05) is 41.8 Å². The first-order valence-corrected chi connectivity index (χ1v) is 11.5. The van der Waals surface area contributed by atoms with Crippen molar-refractivity contribution < 1.29 is 14.3 Å². The van der Waals surface area contributed by atoms with Gasteiger partial charge in [0.2, 0.25) is 0 Å². The number of hydrazine groups is 1. The zero-order chi connectivity index (χ0) is 23.8. The monoisotopic (exact) mass is 515 g/mol. The molecule has 2 heterocycles. The summed E-state index contributed by atoms with van der Waals surface area (Å²) in [6, 6.07) is 17.7. The van der Waals surface area contributed by atoms with Gasteiger partial charge in [-0.25, -0.2) is 10.2 Å². The Morgan fingerprint density at radius 3 is 2.43 bits per heavy atom. The SMILES string of the molecule is Cl.O=C(NNc1ccccc1NC(=O)c1cccc(Cl)c1)OCC1CCN(c2ccncc2)CC1. The molecule has 2 aromatic carbocycles. The minimum atomic E-state index is -0.576. The van der Waals surface area contributed by atoms with Crippen molar-refractivity contribution in [3.8, 4) is 0 Å². The van der Waals surface area contributed by atoms with Crippen molar-refractivity contribution in [2.75, 3.05) is 35.3 Å². The lowest BCUT2D eigenvalue weighted by Crippen LogP contribution is -2.37. The van der Waals surface area contributed by atoms with E-state index in [1.54, 1.807) is 60.9 Å². The highest BCUT2D eigenvalue weighted by molar-refractivity contribution is 6.31. The summed E-state index contributed by atoms with van der Waals surface area (Å²) in [7, 11) is 0. The Morgan fingerprint density at radius 1 is 1.00 bits per heavy atom. The molecule has 3 aromatic rings. The Balaban J connectivity index is 0.00000342. The number of nitrogens with one attached hydrogen (secondary N) is 3. The number of amides is 2. The van der Waals surface area contributed by atoms with Crippen molar-refractivity contribution in [3.63, 3.8) is 0 Å². The highest BCUT2D eigenvalue weighted by atomic mass is 35.5. The molecule has 10 heteroatoms. The topological polar surface area (TPSA) is 95.6 Å². The van der Waals surface area contributed by atoms with Crippen LogP contribution in [0.15, 0.2) is 73.1 Å². The number of ether oxygens (including phenoxy) is 1. The number of nitrogens with zero attached hydrogens (tertiary/aromatic N) is 2. The van der Waals surface area contributed by atoms with Crippen LogP contribution in [0.5, 0.6) is 0 Å². The van der Waals surface area contributed by atoms with E-state index in [1.807, 2.05) is 12.1 Å². The van der Waals surface area contributed by atoms with Crippen LogP contribution in [0.2, 0.25) is 5.02 Å². The molecule has 1 aromatic heterocycles. The van der Waals surface area contributed by atoms with Gasteiger partial charge in [-0.15, -0.1) is 12.4 Å². The second kappa shape index (κ2) is 12.8. The molecule has 0 aliphatic carbocycles. The fourth-order valence-electron chi connectivity index (χ4n) is 3.79. The van der Waals surface area contributed by atoms with Gasteiger partial charge in [0.15, 0.2) is 0 Å². The molecule has 184 valence electrons. The zero-order valence-corrected chi connectivity index (χ0v) is 20.5. The van der Waals surface area contributed by atoms with Gasteiger partial charge in [-0.1, -0.05) is 29.8 Å². The number of pyridine rings is 1. The number of hydrogen-bond acceptors (Lipinski definition) is 6. The number of para-hydroxylation sites is 2. The maximum absolute atomic E-state index is 12.5. The predicted octanol–water partition coefficient (Wildman–Crippen LogP) is 5.38. The molecule has 4 rings (SSSR count). The van der Waals surface area contributed by atoms with E-state index >= 15 is 0 Å². The Morgan fingerprint density at radius 2 is 1.71 bits per heavy atom. The number of halogens is 2. The normalized spacial score (nSPS) is 13.3. The molecule has 0 bridgehead atoms. The molecule has 8 nitrogen and oxygen atoms in total. The molecule has 2 amide bonds. The molecule has 1 aliphatic rings. The Kier molecular flexibility index (Phi) is 9.57. The van der Waals surface area contributed by atoms with Crippen LogP contribution < -0.4 is 21.1 Å². The van der Waals surface area contributed by atoms with Gasteiger partial charge in [-0.3, -0.25) is 15.2 Å². The van der Waals surface area contributed by atoms with E-state index in [-0.39, 0.29) is 18.3 Å². The van der Waals surface area contributed by atoms with Gasteiger partial charge in [-0.2, -0.15) is 0 Å². The van der Waals surface area contributed by atoms with E-state index < -0.39 is 6.09 Å². The summed E-state index contributed by atoms with van der Waals surface area (Å²) in [5, 5.41) is 3.30. The minimum absolute atomic E-state index is 0. The average Bonchev–Trinajstić information content (AvgIpc) is 2.88. The highest BCUT2D eigenvalue weighted by Gasteiger charge is 2.21. The molecular weight excluding hydrogens is 489 g/mol. The number of hydrogen-bond donors (Lipinski definition) is 3. The number of rotatable bonds is 7. The largest absolute Gasteiger partial charge is 0.448 e. The molecule has 0 atom stereocenters.